The lowest BCUT2D eigenvalue weighted by Crippen LogP contribution is -2.59. The minimum Gasteiger partial charge on any atom is -0.481 e. The average molecular weight is 213 g/mol. The molecule has 15 heavy (non-hydrogen) atoms. The molecule has 0 spiro atoms. The second-order valence-corrected chi connectivity index (χ2v) is 3.50. The van der Waals surface area contributed by atoms with Gasteiger partial charge in [-0.05, 0) is 6.08 Å². The number of hydrogen-bond donors (Lipinski definition) is 2. The highest BCUT2D eigenvalue weighted by molar-refractivity contribution is 5.84. The van der Waals surface area contributed by atoms with Gasteiger partial charge in [-0.1, -0.05) is 0 Å². The van der Waals surface area contributed by atoms with E-state index in [1.165, 1.54) is 11.0 Å². The lowest BCUT2D eigenvalue weighted by Gasteiger charge is -2.46. The van der Waals surface area contributed by atoms with Gasteiger partial charge in [-0.25, -0.2) is 0 Å². The number of carbonyl (C=O) groups excluding carboxylic acids is 1. The number of carboxylic acids is 1. The molecule has 0 radical (unpaired) electrons. The summed E-state index contributed by atoms with van der Waals surface area (Å²) in [6, 6.07) is 0. The molecule has 0 bridgehead atoms. The van der Waals surface area contributed by atoms with Crippen LogP contribution in [0.3, 0.4) is 0 Å². The van der Waals surface area contributed by atoms with Crippen LogP contribution in [0.2, 0.25) is 0 Å². The van der Waals surface area contributed by atoms with E-state index in [0.29, 0.717) is 0 Å². The molecule has 2 N–H and O–H groups in total. The lowest BCUT2D eigenvalue weighted by molar-refractivity contribution is -0.184. The van der Waals surface area contributed by atoms with Crippen molar-refractivity contribution < 1.29 is 24.5 Å². The van der Waals surface area contributed by atoms with E-state index < -0.39 is 11.9 Å². The molecule has 2 heterocycles. The van der Waals surface area contributed by atoms with Gasteiger partial charge in [-0.2, -0.15) is 0 Å². The fourth-order valence-electron chi connectivity index (χ4n) is 1.76. The second kappa shape index (κ2) is 3.54. The molecule has 2 atom stereocenters. The molecule has 0 aromatic rings. The highest BCUT2D eigenvalue weighted by Gasteiger charge is 2.46. The number of nitrogens with zero attached hydrogens (tertiary/aromatic N) is 1. The molecular weight excluding hydrogens is 202 g/mol. The Morgan fingerprint density at radius 1 is 1.67 bits per heavy atom. The van der Waals surface area contributed by atoms with Gasteiger partial charge in [0.2, 0.25) is 5.91 Å². The van der Waals surface area contributed by atoms with Gasteiger partial charge in [0.1, 0.15) is 11.7 Å². The highest BCUT2D eigenvalue weighted by Crippen LogP contribution is 2.32. The van der Waals surface area contributed by atoms with Crippen LogP contribution in [0.15, 0.2) is 11.8 Å². The summed E-state index contributed by atoms with van der Waals surface area (Å²) in [6.45, 7) is -0.134. The summed E-state index contributed by atoms with van der Waals surface area (Å²) in [7, 11) is 0. The van der Waals surface area contributed by atoms with Gasteiger partial charge in [0.15, 0.2) is 6.23 Å². The van der Waals surface area contributed by atoms with Crippen LogP contribution in [0.1, 0.15) is 6.42 Å². The van der Waals surface area contributed by atoms with Crippen LogP contribution in [0.5, 0.6) is 0 Å². The molecule has 2 aliphatic heterocycles. The summed E-state index contributed by atoms with van der Waals surface area (Å²) in [5.74, 6) is -1.75. The zero-order chi connectivity index (χ0) is 11.0. The molecule has 6 heteroatoms. The molecule has 0 aromatic carbocycles. The van der Waals surface area contributed by atoms with E-state index in [0.717, 1.165) is 0 Å². The van der Waals surface area contributed by atoms with Crippen LogP contribution < -0.4 is 0 Å². The Hall–Kier alpha value is -1.56. The van der Waals surface area contributed by atoms with Crippen molar-refractivity contribution in [1.29, 1.82) is 0 Å². The van der Waals surface area contributed by atoms with Crippen molar-refractivity contribution in [3.8, 4) is 0 Å². The van der Waals surface area contributed by atoms with E-state index in [1.807, 2.05) is 0 Å². The quantitative estimate of drug-likeness (QED) is 0.583. The number of aliphatic hydroxyl groups is 1. The molecule has 0 aromatic heterocycles. The minimum atomic E-state index is -1.05. The first-order valence-electron chi connectivity index (χ1n) is 4.63. The zero-order valence-corrected chi connectivity index (χ0v) is 7.92. The smallest absolute Gasteiger partial charge is 0.316 e. The number of amides is 1. The summed E-state index contributed by atoms with van der Waals surface area (Å²) in [6.07, 6.45) is 1.28. The summed E-state index contributed by atoms with van der Waals surface area (Å²) in [4.78, 5) is 23.4. The van der Waals surface area contributed by atoms with Gasteiger partial charge in [0, 0.05) is 6.54 Å². The molecule has 2 unspecified atom stereocenters. The molecule has 0 saturated carbocycles. The third kappa shape index (κ3) is 1.56. The maximum absolute atomic E-state index is 11.1. The first-order valence-corrected chi connectivity index (χ1v) is 4.63. The Bertz CT molecular complexity index is 337. The maximum Gasteiger partial charge on any atom is 0.316 e. The number of fused-ring (bicyclic) bond motifs is 1. The normalized spacial score (nSPS) is 31.9. The van der Waals surface area contributed by atoms with Crippen molar-refractivity contribution >= 4 is 11.9 Å². The number of carbonyl (C=O) groups is 2. The molecule has 0 aliphatic carbocycles. The fraction of sp³-hybridized carbons (Fsp3) is 0.556. The lowest BCUT2D eigenvalue weighted by atomic mass is 9.99. The Morgan fingerprint density at radius 3 is 2.93 bits per heavy atom. The largest absolute Gasteiger partial charge is 0.481 e. The summed E-state index contributed by atoms with van der Waals surface area (Å²) in [5.41, 5.74) is 0. The van der Waals surface area contributed by atoms with Gasteiger partial charge in [-0.3, -0.25) is 9.59 Å². The second-order valence-electron chi connectivity index (χ2n) is 3.50. The van der Waals surface area contributed by atoms with Crippen LogP contribution in [0, 0.1) is 5.92 Å². The molecule has 6 nitrogen and oxygen atoms in total. The minimum absolute atomic E-state index is 0.0886. The van der Waals surface area contributed by atoms with E-state index in [9.17, 15) is 9.59 Å². The number of carboxylic acid groups (broad SMARTS) is 1. The van der Waals surface area contributed by atoms with Crippen molar-refractivity contribution in [3.05, 3.63) is 11.8 Å². The molecule has 2 rings (SSSR count). The van der Waals surface area contributed by atoms with E-state index in [2.05, 4.69) is 0 Å². The molecule has 82 valence electrons. The van der Waals surface area contributed by atoms with Gasteiger partial charge in [-0.15, -0.1) is 0 Å². The Kier molecular flexibility index (Phi) is 2.36. The van der Waals surface area contributed by atoms with Gasteiger partial charge in [0.25, 0.3) is 0 Å². The topological polar surface area (TPSA) is 87.1 Å². The van der Waals surface area contributed by atoms with Gasteiger partial charge >= 0.3 is 5.97 Å². The number of rotatable bonds is 2. The number of ether oxygens (including phenoxy) is 1. The number of hydrogen-bond acceptors (Lipinski definition) is 4. The monoisotopic (exact) mass is 213 g/mol. The van der Waals surface area contributed by atoms with Gasteiger partial charge < -0.3 is 19.8 Å². The zero-order valence-electron chi connectivity index (χ0n) is 7.92. The number of β-lactam (4-membered cyclic amide) rings is 1. The maximum atomic E-state index is 11.1. The SMILES string of the molecule is O=C(O)C1CN2C(=O)CC2O/C1=C/CO. The van der Waals surface area contributed by atoms with E-state index in [4.69, 9.17) is 14.9 Å². The Labute approximate surface area is 85.7 Å². The third-order valence-electron chi connectivity index (χ3n) is 2.60. The van der Waals surface area contributed by atoms with Crippen molar-refractivity contribution in [2.24, 2.45) is 5.92 Å². The molecule has 1 amide bonds. The molecular formula is C9H11NO5. The highest BCUT2D eigenvalue weighted by atomic mass is 16.5. The molecule has 2 fully saturated rings. The number of aliphatic carboxylic acids is 1. The third-order valence-corrected chi connectivity index (χ3v) is 2.60. The van der Waals surface area contributed by atoms with Crippen molar-refractivity contribution in [3.63, 3.8) is 0 Å². The predicted molar refractivity (Wildman–Crippen MR) is 47.5 cm³/mol. The van der Waals surface area contributed by atoms with E-state index >= 15 is 0 Å². The van der Waals surface area contributed by atoms with Crippen molar-refractivity contribution in [2.45, 2.75) is 12.6 Å². The van der Waals surface area contributed by atoms with Gasteiger partial charge in [0.05, 0.1) is 13.0 Å². The summed E-state index contributed by atoms with van der Waals surface area (Å²) < 4.78 is 5.30. The fourth-order valence-corrected chi connectivity index (χ4v) is 1.76. The van der Waals surface area contributed by atoms with E-state index in [1.54, 1.807) is 0 Å². The van der Waals surface area contributed by atoms with E-state index in [-0.39, 0.29) is 37.5 Å². The molecule has 2 saturated heterocycles. The van der Waals surface area contributed by atoms with Crippen LogP contribution in [-0.2, 0) is 14.3 Å². The summed E-state index contributed by atoms with van der Waals surface area (Å²) >= 11 is 0. The van der Waals surface area contributed by atoms with Crippen molar-refractivity contribution in [1.82, 2.24) is 4.90 Å². The Morgan fingerprint density at radius 2 is 2.40 bits per heavy atom. The standard InChI is InChI=1S/C9H11NO5/c11-2-1-6-5(9(13)14)4-10-7(12)3-8(10)15-6/h1,5,8,11H,2-4H2,(H,13,14)/b6-1+. The predicted octanol–water partition coefficient (Wildman–Crippen LogP) is -0.848. The Balaban J connectivity index is 2.16. The van der Waals surface area contributed by atoms with Crippen LogP contribution in [0.25, 0.3) is 0 Å². The summed E-state index contributed by atoms with van der Waals surface area (Å²) in [5, 5.41) is 17.6. The van der Waals surface area contributed by atoms with Crippen molar-refractivity contribution in [2.75, 3.05) is 13.2 Å². The van der Waals surface area contributed by atoms with Crippen LogP contribution >= 0.6 is 0 Å². The first kappa shape index (κ1) is 9.97. The number of aliphatic hydroxyl groups excluding tert-OH is 1. The average Bonchev–Trinajstić information content (AvgIpc) is 2.16. The van der Waals surface area contributed by atoms with Crippen LogP contribution in [-0.4, -0.2) is 46.4 Å². The first-order chi connectivity index (χ1) is 7.13. The van der Waals surface area contributed by atoms with Crippen LogP contribution in [0.4, 0.5) is 0 Å². The molecule has 2 aliphatic rings.